The zero-order chi connectivity index (χ0) is 21.7. The summed E-state index contributed by atoms with van der Waals surface area (Å²) >= 11 is 0. The molecule has 1 aromatic rings. The third-order valence-electron chi connectivity index (χ3n) is 7.74. The predicted molar refractivity (Wildman–Crippen MR) is 121 cm³/mol. The molecule has 0 atom stereocenters. The minimum Gasteiger partial charge on any atom is -0.462 e. The fraction of sp³-hybridized carbons (Fsp3) is 0.704. The SMILES string of the molecule is CCCCCCCCOC(=O)c1cccc(C(=O)OCC23CC4CC(CC(C4)C2)C3)c1. The van der Waals surface area contributed by atoms with Crippen molar-refractivity contribution in [3.8, 4) is 0 Å². The van der Waals surface area contributed by atoms with Crippen LogP contribution in [0.25, 0.3) is 0 Å². The van der Waals surface area contributed by atoms with Crippen molar-refractivity contribution in [2.75, 3.05) is 13.2 Å². The minimum atomic E-state index is -0.357. The molecule has 31 heavy (non-hydrogen) atoms. The topological polar surface area (TPSA) is 52.6 Å². The van der Waals surface area contributed by atoms with E-state index in [9.17, 15) is 9.59 Å². The van der Waals surface area contributed by atoms with Crippen LogP contribution in [0.3, 0.4) is 0 Å². The van der Waals surface area contributed by atoms with Gasteiger partial charge in [-0.15, -0.1) is 0 Å². The van der Waals surface area contributed by atoms with Crippen LogP contribution in [0.15, 0.2) is 24.3 Å². The molecule has 4 nitrogen and oxygen atoms in total. The van der Waals surface area contributed by atoms with Gasteiger partial charge in [-0.1, -0.05) is 45.1 Å². The highest BCUT2D eigenvalue weighted by atomic mass is 16.5. The largest absolute Gasteiger partial charge is 0.462 e. The van der Waals surface area contributed by atoms with E-state index >= 15 is 0 Å². The van der Waals surface area contributed by atoms with Crippen LogP contribution in [0.5, 0.6) is 0 Å². The second-order valence-corrected chi connectivity index (χ2v) is 10.5. The van der Waals surface area contributed by atoms with Crippen LogP contribution in [0.1, 0.15) is 105 Å². The normalized spacial score (nSPS) is 28.5. The summed E-state index contributed by atoms with van der Waals surface area (Å²) < 4.78 is 11.2. The minimum absolute atomic E-state index is 0.206. The van der Waals surface area contributed by atoms with E-state index in [-0.39, 0.29) is 17.4 Å². The van der Waals surface area contributed by atoms with Crippen LogP contribution in [-0.2, 0) is 9.47 Å². The lowest BCUT2D eigenvalue weighted by atomic mass is 9.50. The quantitative estimate of drug-likeness (QED) is 0.296. The molecule has 4 fully saturated rings. The standard InChI is InChI=1S/C27H38O4/c1-2-3-4-5-6-7-11-30-25(28)23-9-8-10-24(15-23)26(29)31-19-27-16-20-12-21(17-27)14-22(13-20)18-27/h8-10,15,20-22H,2-7,11-14,16-19H2,1H3. The Kier molecular flexibility index (Phi) is 7.35. The van der Waals surface area contributed by atoms with E-state index in [2.05, 4.69) is 6.92 Å². The van der Waals surface area contributed by atoms with E-state index in [1.807, 2.05) is 0 Å². The van der Waals surface area contributed by atoms with Crippen molar-refractivity contribution >= 4 is 11.9 Å². The Hall–Kier alpha value is -1.84. The maximum atomic E-state index is 12.7. The summed E-state index contributed by atoms with van der Waals surface area (Å²) in [6, 6.07) is 6.79. The Morgan fingerprint density at radius 3 is 2.00 bits per heavy atom. The average molecular weight is 427 g/mol. The first-order valence-corrected chi connectivity index (χ1v) is 12.5. The second-order valence-electron chi connectivity index (χ2n) is 10.5. The lowest BCUT2D eigenvalue weighted by Gasteiger charge is -2.56. The summed E-state index contributed by atoms with van der Waals surface area (Å²) in [5.41, 5.74) is 1.08. The van der Waals surface area contributed by atoms with Crippen LogP contribution in [0.2, 0.25) is 0 Å². The van der Waals surface area contributed by atoms with E-state index < -0.39 is 0 Å². The van der Waals surface area contributed by atoms with Crippen molar-refractivity contribution < 1.29 is 19.1 Å². The maximum absolute atomic E-state index is 12.7. The monoisotopic (exact) mass is 426 g/mol. The lowest BCUT2D eigenvalue weighted by molar-refractivity contribution is -0.0848. The van der Waals surface area contributed by atoms with Gasteiger partial charge in [-0.3, -0.25) is 0 Å². The Balaban J connectivity index is 1.24. The second kappa shape index (κ2) is 10.2. The predicted octanol–water partition coefficient (Wildman–Crippen LogP) is 6.58. The van der Waals surface area contributed by atoms with Crippen LogP contribution >= 0.6 is 0 Å². The van der Waals surface area contributed by atoms with Crippen LogP contribution in [-0.4, -0.2) is 25.2 Å². The molecule has 0 radical (unpaired) electrons. The zero-order valence-corrected chi connectivity index (χ0v) is 19.1. The van der Waals surface area contributed by atoms with Crippen LogP contribution in [0, 0.1) is 23.2 Å². The molecule has 1 aromatic carbocycles. The van der Waals surface area contributed by atoms with Gasteiger partial charge in [0, 0.05) is 5.41 Å². The van der Waals surface area contributed by atoms with Gasteiger partial charge in [0.1, 0.15) is 0 Å². The van der Waals surface area contributed by atoms with Gasteiger partial charge in [0.25, 0.3) is 0 Å². The van der Waals surface area contributed by atoms with E-state index in [4.69, 9.17) is 9.47 Å². The number of hydrogen-bond acceptors (Lipinski definition) is 4. The summed E-state index contributed by atoms with van der Waals surface area (Å²) in [5.74, 6) is 1.85. The van der Waals surface area contributed by atoms with E-state index in [0.29, 0.717) is 24.3 Å². The fourth-order valence-corrected chi connectivity index (χ4v) is 6.67. The summed E-state index contributed by atoms with van der Waals surface area (Å²) in [6.07, 6.45) is 14.7. The first kappa shape index (κ1) is 22.4. The molecule has 0 saturated heterocycles. The maximum Gasteiger partial charge on any atom is 0.338 e. The van der Waals surface area contributed by atoms with Gasteiger partial charge in [-0.25, -0.2) is 9.59 Å². The highest BCUT2D eigenvalue weighted by Crippen LogP contribution is 2.60. The van der Waals surface area contributed by atoms with Crippen LogP contribution in [0.4, 0.5) is 0 Å². The molecule has 0 aromatic heterocycles. The molecular formula is C27H38O4. The van der Waals surface area contributed by atoms with Crippen LogP contribution < -0.4 is 0 Å². The van der Waals surface area contributed by atoms with Crippen molar-refractivity contribution in [1.82, 2.24) is 0 Å². The summed E-state index contributed by atoms with van der Waals surface area (Å²) in [7, 11) is 0. The van der Waals surface area contributed by atoms with Crippen molar-refractivity contribution in [3.63, 3.8) is 0 Å². The van der Waals surface area contributed by atoms with Gasteiger partial charge in [0.05, 0.1) is 24.3 Å². The van der Waals surface area contributed by atoms with E-state index in [1.165, 1.54) is 64.2 Å². The van der Waals surface area contributed by atoms with E-state index in [0.717, 1.165) is 30.6 Å². The number of ether oxygens (including phenoxy) is 2. The first-order chi connectivity index (χ1) is 15.1. The average Bonchev–Trinajstić information content (AvgIpc) is 2.76. The molecule has 0 heterocycles. The van der Waals surface area contributed by atoms with Gasteiger partial charge in [0.15, 0.2) is 0 Å². The lowest BCUT2D eigenvalue weighted by Crippen LogP contribution is -2.48. The molecule has 4 saturated carbocycles. The van der Waals surface area contributed by atoms with Gasteiger partial charge in [-0.2, -0.15) is 0 Å². The smallest absolute Gasteiger partial charge is 0.338 e. The molecule has 5 rings (SSSR count). The third kappa shape index (κ3) is 5.70. The fourth-order valence-electron chi connectivity index (χ4n) is 6.67. The van der Waals surface area contributed by atoms with Gasteiger partial charge >= 0.3 is 11.9 Å². The molecule has 0 aliphatic heterocycles. The number of esters is 2. The first-order valence-electron chi connectivity index (χ1n) is 12.5. The Labute approximate surface area is 187 Å². The zero-order valence-electron chi connectivity index (χ0n) is 19.1. The molecule has 170 valence electrons. The molecule has 0 unspecified atom stereocenters. The molecule has 4 aliphatic rings. The van der Waals surface area contributed by atoms with E-state index in [1.54, 1.807) is 24.3 Å². The molecule has 4 bridgehead atoms. The number of carbonyl (C=O) groups excluding carboxylic acids is 2. The van der Waals surface area contributed by atoms with Crippen molar-refractivity contribution in [2.45, 2.75) is 84.0 Å². The number of hydrogen-bond donors (Lipinski definition) is 0. The number of benzene rings is 1. The summed E-state index contributed by atoms with van der Waals surface area (Å²) in [6.45, 7) is 3.17. The molecule has 0 amide bonds. The molecule has 0 spiro atoms. The molecule has 4 aliphatic carbocycles. The number of unbranched alkanes of at least 4 members (excludes halogenated alkanes) is 5. The van der Waals surface area contributed by atoms with Crippen molar-refractivity contribution in [1.29, 1.82) is 0 Å². The highest BCUT2D eigenvalue weighted by molar-refractivity contribution is 5.95. The highest BCUT2D eigenvalue weighted by Gasteiger charge is 2.51. The van der Waals surface area contributed by atoms with Gasteiger partial charge in [0.2, 0.25) is 0 Å². The molecule has 0 N–H and O–H groups in total. The Morgan fingerprint density at radius 1 is 0.839 bits per heavy atom. The Bertz CT molecular complexity index is 733. The summed E-state index contributed by atoms with van der Waals surface area (Å²) in [4.78, 5) is 25.1. The van der Waals surface area contributed by atoms with Crippen molar-refractivity contribution in [2.24, 2.45) is 23.2 Å². The molecular weight excluding hydrogens is 388 g/mol. The molecule has 4 heteroatoms. The van der Waals surface area contributed by atoms with Crippen molar-refractivity contribution in [3.05, 3.63) is 35.4 Å². The number of rotatable bonds is 11. The Morgan fingerprint density at radius 2 is 1.39 bits per heavy atom. The van der Waals surface area contributed by atoms with Gasteiger partial charge in [-0.05, 0) is 80.9 Å². The third-order valence-corrected chi connectivity index (χ3v) is 7.74. The van der Waals surface area contributed by atoms with Gasteiger partial charge < -0.3 is 9.47 Å². The summed E-state index contributed by atoms with van der Waals surface area (Å²) in [5, 5.41) is 0. The number of carbonyl (C=O) groups is 2.